The fourth-order valence-electron chi connectivity index (χ4n) is 1.79. The predicted octanol–water partition coefficient (Wildman–Crippen LogP) is 0.381. The minimum Gasteiger partial charge on any atom is -0.381 e. The van der Waals surface area contributed by atoms with Crippen LogP contribution in [0.4, 0.5) is 4.79 Å². The van der Waals surface area contributed by atoms with Gasteiger partial charge < -0.3 is 20.7 Å². The SMILES string of the molecule is CC(=O)NCCCCNC(=O)NC1CCOCC1. The first-order valence-corrected chi connectivity index (χ1v) is 6.55. The average molecular weight is 257 g/mol. The van der Waals surface area contributed by atoms with Crippen molar-refractivity contribution in [3.63, 3.8) is 0 Å². The molecule has 104 valence electrons. The minimum absolute atomic E-state index is 0.0137. The third kappa shape index (κ3) is 7.11. The van der Waals surface area contributed by atoms with Crippen molar-refractivity contribution >= 4 is 11.9 Å². The Bertz CT molecular complexity index is 265. The van der Waals surface area contributed by atoms with Gasteiger partial charge in [0, 0.05) is 39.3 Å². The summed E-state index contributed by atoms with van der Waals surface area (Å²) in [6.45, 7) is 4.25. The summed E-state index contributed by atoms with van der Waals surface area (Å²) in [6.07, 6.45) is 3.50. The van der Waals surface area contributed by atoms with Crippen LogP contribution in [0.15, 0.2) is 0 Å². The summed E-state index contributed by atoms with van der Waals surface area (Å²) in [6, 6.07) is 0.125. The first-order chi connectivity index (χ1) is 8.68. The Kier molecular flexibility index (Phi) is 7.17. The van der Waals surface area contributed by atoms with E-state index in [1.807, 2.05) is 0 Å². The van der Waals surface area contributed by atoms with Crippen LogP contribution in [0, 0.1) is 0 Å². The number of nitrogens with one attached hydrogen (secondary N) is 3. The van der Waals surface area contributed by atoms with E-state index in [1.165, 1.54) is 6.92 Å². The molecule has 0 aromatic carbocycles. The molecule has 0 aromatic heterocycles. The number of hydrogen-bond donors (Lipinski definition) is 3. The van der Waals surface area contributed by atoms with Crippen molar-refractivity contribution in [1.82, 2.24) is 16.0 Å². The van der Waals surface area contributed by atoms with Gasteiger partial charge in [-0.1, -0.05) is 0 Å². The van der Waals surface area contributed by atoms with Crippen molar-refractivity contribution in [2.24, 2.45) is 0 Å². The van der Waals surface area contributed by atoms with Gasteiger partial charge >= 0.3 is 6.03 Å². The van der Waals surface area contributed by atoms with Crippen LogP contribution in [0.5, 0.6) is 0 Å². The summed E-state index contributed by atoms with van der Waals surface area (Å²) in [5, 5.41) is 8.46. The molecule has 6 heteroatoms. The highest BCUT2D eigenvalue weighted by Gasteiger charge is 2.15. The van der Waals surface area contributed by atoms with Gasteiger partial charge in [-0.2, -0.15) is 0 Å². The molecule has 1 saturated heterocycles. The van der Waals surface area contributed by atoms with Crippen molar-refractivity contribution < 1.29 is 14.3 Å². The number of hydrogen-bond acceptors (Lipinski definition) is 3. The van der Waals surface area contributed by atoms with Crippen LogP contribution in [0.3, 0.4) is 0 Å². The lowest BCUT2D eigenvalue weighted by molar-refractivity contribution is -0.118. The molecule has 0 unspecified atom stereocenters. The molecule has 1 aliphatic rings. The summed E-state index contributed by atoms with van der Waals surface area (Å²) in [7, 11) is 0. The largest absolute Gasteiger partial charge is 0.381 e. The van der Waals surface area contributed by atoms with Crippen LogP contribution in [0.1, 0.15) is 32.6 Å². The van der Waals surface area contributed by atoms with Gasteiger partial charge in [0.15, 0.2) is 0 Å². The molecule has 3 N–H and O–H groups in total. The van der Waals surface area contributed by atoms with Crippen molar-refractivity contribution in [2.75, 3.05) is 26.3 Å². The Morgan fingerprint density at radius 1 is 1.11 bits per heavy atom. The van der Waals surface area contributed by atoms with Crippen LogP contribution in [-0.2, 0) is 9.53 Å². The minimum atomic E-state index is -0.110. The molecule has 0 aliphatic carbocycles. The zero-order valence-electron chi connectivity index (χ0n) is 11.0. The van der Waals surface area contributed by atoms with Crippen LogP contribution in [-0.4, -0.2) is 44.3 Å². The molecule has 3 amide bonds. The van der Waals surface area contributed by atoms with Crippen LogP contribution in [0.2, 0.25) is 0 Å². The molecule has 1 fully saturated rings. The van der Waals surface area contributed by atoms with E-state index in [0.29, 0.717) is 13.1 Å². The van der Waals surface area contributed by atoms with E-state index in [-0.39, 0.29) is 18.0 Å². The normalized spacial score (nSPS) is 16.1. The Hall–Kier alpha value is -1.30. The average Bonchev–Trinajstić information content (AvgIpc) is 2.34. The lowest BCUT2D eigenvalue weighted by atomic mass is 10.1. The second-order valence-corrected chi connectivity index (χ2v) is 4.48. The van der Waals surface area contributed by atoms with Crippen LogP contribution < -0.4 is 16.0 Å². The topological polar surface area (TPSA) is 79.5 Å². The molecule has 0 saturated carbocycles. The zero-order chi connectivity index (χ0) is 13.2. The summed E-state index contributed by atoms with van der Waals surface area (Å²) < 4.78 is 5.22. The Labute approximate surface area is 108 Å². The van der Waals surface area contributed by atoms with E-state index < -0.39 is 0 Å². The number of rotatable bonds is 6. The maximum atomic E-state index is 11.5. The molecular formula is C12H23N3O3. The Morgan fingerprint density at radius 2 is 1.72 bits per heavy atom. The van der Waals surface area contributed by atoms with Gasteiger partial charge in [0.2, 0.25) is 5.91 Å². The van der Waals surface area contributed by atoms with Gasteiger partial charge in [-0.05, 0) is 25.7 Å². The second-order valence-electron chi connectivity index (χ2n) is 4.48. The van der Waals surface area contributed by atoms with Gasteiger partial charge in [-0.3, -0.25) is 4.79 Å². The summed E-state index contributed by atoms with van der Waals surface area (Å²) in [4.78, 5) is 22.1. The number of unbranched alkanes of at least 4 members (excludes halogenated alkanes) is 1. The molecule has 1 rings (SSSR count). The maximum absolute atomic E-state index is 11.5. The van der Waals surface area contributed by atoms with E-state index in [1.54, 1.807) is 0 Å². The highest BCUT2D eigenvalue weighted by Crippen LogP contribution is 2.05. The first-order valence-electron chi connectivity index (χ1n) is 6.55. The van der Waals surface area contributed by atoms with Gasteiger partial charge in [-0.15, -0.1) is 0 Å². The monoisotopic (exact) mass is 257 g/mol. The summed E-state index contributed by atoms with van der Waals surface area (Å²) >= 11 is 0. The fraction of sp³-hybridized carbons (Fsp3) is 0.833. The first kappa shape index (κ1) is 14.8. The van der Waals surface area contributed by atoms with Crippen molar-refractivity contribution in [3.8, 4) is 0 Å². The number of amides is 3. The van der Waals surface area contributed by atoms with Crippen LogP contribution >= 0.6 is 0 Å². The molecule has 0 atom stereocenters. The van der Waals surface area contributed by atoms with Gasteiger partial charge in [0.25, 0.3) is 0 Å². The lowest BCUT2D eigenvalue weighted by Crippen LogP contribution is -2.44. The number of carbonyl (C=O) groups is 2. The molecule has 0 aromatic rings. The molecular weight excluding hydrogens is 234 g/mol. The van der Waals surface area contributed by atoms with Crippen molar-refractivity contribution in [1.29, 1.82) is 0 Å². The molecule has 0 bridgehead atoms. The van der Waals surface area contributed by atoms with Gasteiger partial charge in [0.05, 0.1) is 0 Å². The van der Waals surface area contributed by atoms with Crippen molar-refractivity contribution in [2.45, 2.75) is 38.6 Å². The number of ether oxygens (including phenoxy) is 1. The fourth-order valence-corrected chi connectivity index (χ4v) is 1.79. The second kappa shape index (κ2) is 8.74. The van der Waals surface area contributed by atoms with E-state index in [2.05, 4.69) is 16.0 Å². The quantitative estimate of drug-likeness (QED) is 0.602. The Morgan fingerprint density at radius 3 is 2.33 bits per heavy atom. The highest BCUT2D eigenvalue weighted by molar-refractivity contribution is 5.74. The predicted molar refractivity (Wildman–Crippen MR) is 68.3 cm³/mol. The van der Waals surface area contributed by atoms with E-state index in [0.717, 1.165) is 38.9 Å². The van der Waals surface area contributed by atoms with Crippen LogP contribution in [0.25, 0.3) is 0 Å². The van der Waals surface area contributed by atoms with E-state index >= 15 is 0 Å². The third-order valence-corrected chi connectivity index (χ3v) is 2.82. The van der Waals surface area contributed by atoms with E-state index in [9.17, 15) is 9.59 Å². The highest BCUT2D eigenvalue weighted by atomic mass is 16.5. The maximum Gasteiger partial charge on any atom is 0.315 e. The molecule has 6 nitrogen and oxygen atoms in total. The molecule has 1 aliphatic heterocycles. The molecule has 1 heterocycles. The summed E-state index contributed by atoms with van der Waals surface area (Å²) in [5.74, 6) is -0.0137. The van der Waals surface area contributed by atoms with E-state index in [4.69, 9.17) is 4.74 Å². The smallest absolute Gasteiger partial charge is 0.315 e. The standard InChI is InChI=1S/C12H23N3O3/c1-10(16)13-6-2-3-7-14-12(17)15-11-4-8-18-9-5-11/h11H,2-9H2,1H3,(H,13,16)(H2,14,15,17). The zero-order valence-corrected chi connectivity index (χ0v) is 11.0. The van der Waals surface area contributed by atoms with Gasteiger partial charge in [-0.25, -0.2) is 4.79 Å². The van der Waals surface area contributed by atoms with Crippen molar-refractivity contribution in [3.05, 3.63) is 0 Å². The number of urea groups is 1. The molecule has 0 spiro atoms. The molecule has 0 radical (unpaired) electrons. The number of carbonyl (C=O) groups excluding carboxylic acids is 2. The summed E-state index contributed by atoms with van der Waals surface area (Å²) in [5.41, 5.74) is 0. The molecule has 18 heavy (non-hydrogen) atoms. The third-order valence-electron chi connectivity index (χ3n) is 2.82. The lowest BCUT2D eigenvalue weighted by Gasteiger charge is -2.23. The van der Waals surface area contributed by atoms with Gasteiger partial charge in [0.1, 0.15) is 0 Å². The Balaban J connectivity index is 1.94.